The molecule has 0 spiro atoms. The molecule has 7 heteroatoms. The number of hydrogen-bond acceptors (Lipinski definition) is 6. The summed E-state index contributed by atoms with van der Waals surface area (Å²) in [6.45, 7) is 0. The number of carboxylic acids is 1. The third-order valence-corrected chi connectivity index (χ3v) is 5.23. The minimum absolute atomic E-state index is 0.0297. The number of benzene rings is 3. The van der Waals surface area contributed by atoms with Crippen LogP contribution in [0.5, 0.6) is 0 Å². The topological polar surface area (TPSA) is 88.9 Å². The fraction of sp³-hybridized carbons (Fsp3) is 0.0476. The molecule has 0 fully saturated rings. The van der Waals surface area contributed by atoms with Gasteiger partial charge in [-0.3, -0.25) is 0 Å². The van der Waals surface area contributed by atoms with Crippen molar-refractivity contribution in [3.63, 3.8) is 0 Å². The lowest BCUT2D eigenvalue weighted by Gasteiger charge is -2.06. The molecule has 1 aliphatic heterocycles. The number of hydrogen-bond donors (Lipinski definition) is 1. The Kier molecular flexibility index (Phi) is 4.58. The maximum absolute atomic E-state index is 11.8. The fourth-order valence-electron chi connectivity index (χ4n) is 2.81. The van der Waals surface area contributed by atoms with Crippen molar-refractivity contribution in [3.8, 4) is 10.6 Å². The molecule has 0 saturated heterocycles. The van der Waals surface area contributed by atoms with Crippen molar-refractivity contribution in [1.82, 2.24) is 4.98 Å². The molecule has 6 nitrogen and oxygen atoms in total. The number of aromatic carboxylic acids is 1. The third kappa shape index (κ3) is 3.47. The Morgan fingerprint density at radius 3 is 2.61 bits per heavy atom. The van der Waals surface area contributed by atoms with Crippen molar-refractivity contribution >= 4 is 39.2 Å². The van der Waals surface area contributed by atoms with E-state index in [1.807, 2.05) is 42.5 Å². The predicted octanol–water partition coefficient (Wildman–Crippen LogP) is 4.12. The van der Waals surface area contributed by atoms with Crippen molar-refractivity contribution in [3.05, 3.63) is 77.1 Å². The minimum Gasteiger partial charge on any atom is -0.478 e. The first-order valence-corrected chi connectivity index (χ1v) is 9.16. The van der Waals surface area contributed by atoms with E-state index in [1.54, 1.807) is 11.3 Å². The Balaban J connectivity index is 1.86. The average molecular weight is 390 g/mol. The van der Waals surface area contributed by atoms with E-state index in [2.05, 4.69) is 9.98 Å². The van der Waals surface area contributed by atoms with Gasteiger partial charge in [-0.2, -0.15) is 0 Å². The Hall–Kier alpha value is -3.58. The summed E-state index contributed by atoms with van der Waals surface area (Å²) < 4.78 is 5.76. The number of methoxy groups -OCH3 is 1. The zero-order chi connectivity index (χ0) is 19.7. The summed E-state index contributed by atoms with van der Waals surface area (Å²) in [6.07, 6.45) is 0. The van der Waals surface area contributed by atoms with E-state index in [9.17, 15) is 14.7 Å². The fourth-order valence-corrected chi connectivity index (χ4v) is 3.81. The molecule has 2 aromatic rings. The van der Waals surface area contributed by atoms with Crippen molar-refractivity contribution in [1.29, 1.82) is 0 Å². The lowest BCUT2D eigenvalue weighted by molar-refractivity contribution is 0.0600. The third-order valence-electron chi connectivity index (χ3n) is 4.11. The smallest absolute Gasteiger partial charge is 0.337 e. The van der Waals surface area contributed by atoms with Crippen molar-refractivity contribution < 1.29 is 19.4 Å². The van der Waals surface area contributed by atoms with Gasteiger partial charge in [0.2, 0.25) is 0 Å². The molecule has 1 aliphatic carbocycles. The van der Waals surface area contributed by atoms with Crippen LogP contribution >= 0.6 is 11.3 Å². The summed E-state index contributed by atoms with van der Waals surface area (Å²) in [5.74, 6) is -1.76. The molecule has 28 heavy (non-hydrogen) atoms. The molecule has 1 heterocycles. The van der Waals surface area contributed by atoms with Crippen LogP contribution in [0.3, 0.4) is 0 Å². The summed E-state index contributed by atoms with van der Waals surface area (Å²) in [6, 6.07) is 17.7. The van der Waals surface area contributed by atoms with Crippen LogP contribution in [0.1, 0.15) is 20.7 Å². The second-order valence-electron chi connectivity index (χ2n) is 6.01. The number of carbonyl (C=O) groups excluding carboxylic acids is 1. The minimum atomic E-state index is -1.14. The molecule has 0 aromatic heterocycles. The number of carboxylic acid groups (broad SMARTS) is 1. The highest BCUT2D eigenvalue weighted by Gasteiger charge is 2.13. The largest absolute Gasteiger partial charge is 0.478 e. The molecule has 138 valence electrons. The van der Waals surface area contributed by atoms with E-state index in [0.717, 1.165) is 20.8 Å². The molecule has 2 aromatic carbocycles. The van der Waals surface area contributed by atoms with Crippen molar-refractivity contribution in [2.45, 2.75) is 0 Å². The molecule has 0 unspecified atom stereocenters. The van der Waals surface area contributed by atoms with E-state index in [1.165, 1.54) is 25.3 Å². The number of carbonyl (C=O) groups is 2. The second-order valence-corrected chi connectivity index (χ2v) is 7.09. The van der Waals surface area contributed by atoms with Gasteiger partial charge in [-0.15, -0.1) is 11.3 Å². The van der Waals surface area contributed by atoms with E-state index in [4.69, 9.17) is 4.74 Å². The Morgan fingerprint density at radius 2 is 1.82 bits per heavy atom. The lowest BCUT2D eigenvalue weighted by Crippen LogP contribution is -2.05. The van der Waals surface area contributed by atoms with Gasteiger partial charge in [-0.05, 0) is 48.5 Å². The highest BCUT2D eigenvalue weighted by molar-refractivity contribution is 7.21. The van der Waals surface area contributed by atoms with Gasteiger partial charge in [-0.1, -0.05) is 12.1 Å². The lowest BCUT2D eigenvalue weighted by atomic mass is 10.1. The van der Waals surface area contributed by atoms with E-state index in [-0.39, 0.29) is 11.1 Å². The zero-order valence-electron chi connectivity index (χ0n) is 14.7. The molecule has 4 rings (SSSR count). The number of ether oxygens (including phenoxy) is 1. The molecular formula is C21H14N2O4S. The van der Waals surface area contributed by atoms with Gasteiger partial charge in [0.15, 0.2) is 0 Å². The van der Waals surface area contributed by atoms with Crippen LogP contribution in [0.15, 0.2) is 65.7 Å². The standard InChI is InChI=1S/C21H14N2O4S/c1-27-21(26)13-8-12(20(24)25)9-15(10-13)22-14-6-7-17-19(11-14)28-18-5-3-2-4-16(18)23-17/h2-11H,1H3,(H,24,25). The van der Waals surface area contributed by atoms with Gasteiger partial charge in [-0.25, -0.2) is 19.6 Å². The number of aromatic nitrogens is 1. The first-order chi connectivity index (χ1) is 13.5. The van der Waals surface area contributed by atoms with Gasteiger partial charge in [0.05, 0.1) is 50.1 Å². The maximum Gasteiger partial charge on any atom is 0.337 e. The molecule has 0 bridgehead atoms. The van der Waals surface area contributed by atoms with Crippen LogP contribution in [0.4, 0.5) is 5.69 Å². The maximum atomic E-state index is 11.8. The molecule has 2 aliphatic rings. The number of fused-ring (bicyclic) bond motifs is 2. The van der Waals surface area contributed by atoms with Gasteiger partial charge in [0.1, 0.15) is 0 Å². The summed E-state index contributed by atoms with van der Waals surface area (Å²) in [7, 11) is 1.24. The van der Waals surface area contributed by atoms with Gasteiger partial charge in [0, 0.05) is 0 Å². The summed E-state index contributed by atoms with van der Waals surface area (Å²) in [5.41, 5.74) is 2.26. The van der Waals surface area contributed by atoms with Crippen LogP contribution in [-0.2, 0) is 4.74 Å². The van der Waals surface area contributed by atoms with Gasteiger partial charge >= 0.3 is 11.9 Å². The monoisotopic (exact) mass is 390 g/mol. The van der Waals surface area contributed by atoms with Crippen molar-refractivity contribution in [2.24, 2.45) is 4.99 Å². The quantitative estimate of drug-likeness (QED) is 0.420. The molecule has 0 saturated carbocycles. The first kappa shape index (κ1) is 17.8. The predicted molar refractivity (Wildman–Crippen MR) is 106 cm³/mol. The SMILES string of the molecule is COC(=O)c1cc(N=c2ccc3nc4ccccc4sc-3c2)cc(C(=O)O)c1. The van der Waals surface area contributed by atoms with Crippen molar-refractivity contribution in [2.75, 3.05) is 7.11 Å². The Labute approximate surface area is 163 Å². The number of nitrogens with zero attached hydrogens (tertiary/aromatic N) is 2. The highest BCUT2D eigenvalue weighted by atomic mass is 32.1. The normalized spacial score (nSPS) is 11.7. The van der Waals surface area contributed by atoms with Gasteiger partial charge < -0.3 is 9.84 Å². The van der Waals surface area contributed by atoms with Crippen LogP contribution < -0.4 is 5.36 Å². The van der Waals surface area contributed by atoms with Crippen LogP contribution in [0, 0.1) is 0 Å². The summed E-state index contributed by atoms with van der Waals surface area (Å²) in [5, 5.41) is 9.93. The molecule has 0 amide bonds. The van der Waals surface area contributed by atoms with Gasteiger partial charge in [0.25, 0.3) is 0 Å². The Morgan fingerprint density at radius 1 is 1.04 bits per heavy atom. The summed E-state index contributed by atoms with van der Waals surface area (Å²) >= 11 is 1.60. The van der Waals surface area contributed by atoms with Crippen LogP contribution in [0.2, 0.25) is 0 Å². The number of rotatable bonds is 3. The molecule has 1 N–H and O–H groups in total. The zero-order valence-corrected chi connectivity index (χ0v) is 15.6. The molecule has 0 atom stereocenters. The molecule has 0 radical (unpaired) electrons. The Bertz CT molecular complexity index is 1260. The average Bonchev–Trinajstić information content (AvgIpc) is 2.71. The first-order valence-electron chi connectivity index (χ1n) is 8.34. The molecular weight excluding hydrogens is 376 g/mol. The van der Waals surface area contributed by atoms with E-state index >= 15 is 0 Å². The van der Waals surface area contributed by atoms with Crippen LogP contribution in [0.25, 0.3) is 20.8 Å². The number of para-hydroxylation sites is 1. The highest BCUT2D eigenvalue weighted by Crippen LogP contribution is 2.29. The second kappa shape index (κ2) is 7.21. The van der Waals surface area contributed by atoms with Crippen LogP contribution in [-0.4, -0.2) is 29.1 Å². The number of esters is 1. The van der Waals surface area contributed by atoms with E-state index in [0.29, 0.717) is 11.0 Å². The summed E-state index contributed by atoms with van der Waals surface area (Å²) in [4.78, 5) is 33.3. The van der Waals surface area contributed by atoms with E-state index < -0.39 is 11.9 Å².